The van der Waals surface area contributed by atoms with Gasteiger partial charge < -0.3 is 20.7 Å². The van der Waals surface area contributed by atoms with Crippen LogP contribution in [0.4, 0.5) is 10.8 Å². The van der Waals surface area contributed by atoms with Crippen LogP contribution in [0.5, 0.6) is 0 Å². The van der Waals surface area contributed by atoms with Gasteiger partial charge in [-0.1, -0.05) is 31.6 Å². The number of nitrogens with one attached hydrogen (secondary N) is 1. The van der Waals surface area contributed by atoms with Gasteiger partial charge in [-0.25, -0.2) is 4.98 Å². The molecule has 0 radical (unpaired) electrons. The maximum absolute atomic E-state index is 12.2. The van der Waals surface area contributed by atoms with Gasteiger partial charge >= 0.3 is 0 Å². The second kappa shape index (κ2) is 8.80. The number of nitrogens with zero attached hydrogens (tertiary/aromatic N) is 2. The minimum absolute atomic E-state index is 0. The lowest BCUT2D eigenvalue weighted by atomic mass is 9.99. The van der Waals surface area contributed by atoms with Crippen LogP contribution in [0.25, 0.3) is 10.2 Å². The van der Waals surface area contributed by atoms with Gasteiger partial charge in [0.1, 0.15) is 0 Å². The molecule has 0 bridgehead atoms. The molecule has 8 heteroatoms. The van der Waals surface area contributed by atoms with E-state index in [-0.39, 0.29) is 24.2 Å². The molecule has 2 aromatic rings. The molecule has 2 unspecified atom stereocenters. The van der Waals surface area contributed by atoms with Gasteiger partial charge in [0.2, 0.25) is 5.91 Å². The second-order valence-electron chi connectivity index (χ2n) is 6.18. The van der Waals surface area contributed by atoms with E-state index in [1.807, 2.05) is 32.0 Å². The van der Waals surface area contributed by atoms with E-state index in [1.165, 1.54) is 0 Å². The third-order valence-electron chi connectivity index (χ3n) is 4.49. The zero-order valence-corrected chi connectivity index (χ0v) is 16.2. The molecule has 2 atom stereocenters. The van der Waals surface area contributed by atoms with Gasteiger partial charge in [-0.2, -0.15) is 0 Å². The lowest BCUT2D eigenvalue weighted by molar-refractivity contribution is -0.118. The lowest BCUT2D eigenvalue weighted by Gasteiger charge is -2.25. The van der Waals surface area contributed by atoms with Crippen LogP contribution in [0.15, 0.2) is 18.2 Å². The van der Waals surface area contributed by atoms with Gasteiger partial charge in [-0.05, 0) is 24.1 Å². The highest BCUT2D eigenvalue weighted by Crippen LogP contribution is 2.31. The van der Waals surface area contributed by atoms with Crippen LogP contribution in [0.3, 0.4) is 0 Å². The minimum Gasteiger partial charge on any atom is -0.378 e. The molecule has 3 N–H and O–H groups in total. The van der Waals surface area contributed by atoms with E-state index in [2.05, 4.69) is 15.2 Å². The smallest absolute Gasteiger partial charge is 0.241 e. The maximum Gasteiger partial charge on any atom is 0.241 e. The summed E-state index contributed by atoms with van der Waals surface area (Å²) >= 11 is 1.64. The van der Waals surface area contributed by atoms with Crippen molar-refractivity contribution in [3.63, 3.8) is 0 Å². The number of halogens is 1. The van der Waals surface area contributed by atoms with E-state index in [1.54, 1.807) is 11.3 Å². The Hall–Kier alpha value is -1.41. The predicted molar refractivity (Wildman–Crippen MR) is 106 cm³/mol. The number of morpholine rings is 1. The van der Waals surface area contributed by atoms with Crippen molar-refractivity contribution in [2.75, 3.05) is 36.5 Å². The number of thiazole rings is 1. The summed E-state index contributed by atoms with van der Waals surface area (Å²) in [5.41, 5.74) is 7.71. The van der Waals surface area contributed by atoms with Crippen LogP contribution >= 0.6 is 23.7 Å². The highest BCUT2D eigenvalue weighted by atomic mass is 35.5. The average Bonchev–Trinajstić information content (AvgIpc) is 3.04. The Balaban J connectivity index is 0.00000225. The maximum atomic E-state index is 12.2. The number of carbonyl (C=O) groups is 1. The number of rotatable bonds is 5. The molecule has 2 heterocycles. The number of benzene rings is 1. The van der Waals surface area contributed by atoms with Crippen molar-refractivity contribution in [1.29, 1.82) is 0 Å². The zero-order valence-electron chi connectivity index (χ0n) is 14.5. The van der Waals surface area contributed by atoms with Crippen molar-refractivity contribution in [3.8, 4) is 0 Å². The standard InChI is InChI=1S/C17H24N4O2S.ClH/c1-3-11(2)15(18)16(22)19-12-4-5-13-14(10-12)24-17(20-13)21-6-8-23-9-7-21;/h4-5,10-11,15H,3,6-9,18H2,1-2H3,(H,19,22);1H. The number of hydrogen-bond acceptors (Lipinski definition) is 6. The molecule has 1 aliphatic rings. The van der Waals surface area contributed by atoms with Crippen LogP contribution in [-0.4, -0.2) is 43.2 Å². The van der Waals surface area contributed by atoms with Crippen LogP contribution in [-0.2, 0) is 9.53 Å². The van der Waals surface area contributed by atoms with Gasteiger partial charge in [0.15, 0.2) is 5.13 Å². The average molecular weight is 385 g/mol. The molecule has 1 amide bonds. The van der Waals surface area contributed by atoms with Gasteiger partial charge in [-0.15, -0.1) is 12.4 Å². The van der Waals surface area contributed by atoms with Crippen LogP contribution in [0.2, 0.25) is 0 Å². The Morgan fingerprint density at radius 3 is 2.84 bits per heavy atom. The summed E-state index contributed by atoms with van der Waals surface area (Å²) in [5, 5.41) is 3.93. The Bertz CT molecular complexity index is 718. The molecule has 3 rings (SSSR count). The molecule has 1 saturated heterocycles. The van der Waals surface area contributed by atoms with E-state index in [0.717, 1.165) is 53.8 Å². The first-order valence-corrected chi connectivity index (χ1v) is 9.20. The largest absolute Gasteiger partial charge is 0.378 e. The topological polar surface area (TPSA) is 80.5 Å². The number of anilines is 2. The number of amides is 1. The fraction of sp³-hybridized carbons (Fsp3) is 0.529. The number of ether oxygens (including phenoxy) is 1. The fourth-order valence-corrected chi connectivity index (χ4v) is 3.67. The monoisotopic (exact) mass is 384 g/mol. The van der Waals surface area contributed by atoms with Crippen molar-refractivity contribution in [2.24, 2.45) is 11.7 Å². The van der Waals surface area contributed by atoms with Crippen LogP contribution < -0.4 is 16.0 Å². The van der Waals surface area contributed by atoms with Gasteiger partial charge in [0.25, 0.3) is 0 Å². The van der Waals surface area contributed by atoms with E-state index < -0.39 is 6.04 Å². The fourth-order valence-electron chi connectivity index (χ4n) is 2.62. The molecule has 138 valence electrons. The lowest BCUT2D eigenvalue weighted by Crippen LogP contribution is -2.40. The summed E-state index contributed by atoms with van der Waals surface area (Å²) in [5.74, 6) is 0.0201. The molecular weight excluding hydrogens is 360 g/mol. The molecule has 0 spiro atoms. The first-order valence-electron chi connectivity index (χ1n) is 8.38. The van der Waals surface area contributed by atoms with Gasteiger partial charge in [-0.3, -0.25) is 4.79 Å². The minimum atomic E-state index is -0.490. The summed E-state index contributed by atoms with van der Waals surface area (Å²) in [6.45, 7) is 7.25. The summed E-state index contributed by atoms with van der Waals surface area (Å²) in [6.07, 6.45) is 0.880. The highest BCUT2D eigenvalue weighted by Gasteiger charge is 2.20. The van der Waals surface area contributed by atoms with Crippen molar-refractivity contribution in [3.05, 3.63) is 18.2 Å². The third-order valence-corrected chi connectivity index (χ3v) is 5.57. The van der Waals surface area contributed by atoms with Gasteiger partial charge in [0.05, 0.1) is 29.5 Å². The molecule has 1 aromatic carbocycles. The number of fused-ring (bicyclic) bond motifs is 1. The molecule has 6 nitrogen and oxygen atoms in total. The number of nitrogens with two attached hydrogens (primary N) is 1. The molecule has 1 fully saturated rings. The zero-order chi connectivity index (χ0) is 17.1. The molecule has 0 aliphatic carbocycles. The number of hydrogen-bond donors (Lipinski definition) is 2. The predicted octanol–water partition coefficient (Wildman–Crippen LogP) is 2.87. The quantitative estimate of drug-likeness (QED) is 0.828. The van der Waals surface area contributed by atoms with Crippen molar-refractivity contribution in [1.82, 2.24) is 4.98 Å². The second-order valence-corrected chi connectivity index (χ2v) is 7.19. The Kier molecular flexibility index (Phi) is 7.01. The number of aromatic nitrogens is 1. The first kappa shape index (κ1) is 19.9. The van der Waals surface area contributed by atoms with E-state index in [4.69, 9.17) is 10.5 Å². The van der Waals surface area contributed by atoms with Crippen molar-refractivity contribution >= 4 is 50.7 Å². The molecular formula is C17H25ClN4O2S. The normalized spacial score (nSPS) is 17.0. The summed E-state index contributed by atoms with van der Waals surface area (Å²) < 4.78 is 6.45. The molecule has 1 aliphatic heterocycles. The molecule has 1 aromatic heterocycles. The van der Waals surface area contributed by atoms with Crippen molar-refractivity contribution < 1.29 is 9.53 Å². The highest BCUT2D eigenvalue weighted by molar-refractivity contribution is 7.22. The van der Waals surface area contributed by atoms with E-state index in [0.29, 0.717) is 0 Å². The van der Waals surface area contributed by atoms with Crippen LogP contribution in [0, 0.1) is 5.92 Å². The first-order chi connectivity index (χ1) is 11.6. The van der Waals surface area contributed by atoms with Gasteiger partial charge in [0, 0.05) is 18.8 Å². The molecule has 25 heavy (non-hydrogen) atoms. The summed E-state index contributed by atoms with van der Waals surface area (Å²) in [7, 11) is 0. The van der Waals surface area contributed by atoms with E-state index in [9.17, 15) is 4.79 Å². The number of carbonyl (C=O) groups excluding carboxylic acids is 1. The summed E-state index contributed by atoms with van der Waals surface area (Å²) in [4.78, 5) is 19.2. The Morgan fingerprint density at radius 2 is 2.16 bits per heavy atom. The summed E-state index contributed by atoms with van der Waals surface area (Å²) in [6, 6.07) is 5.31. The SMILES string of the molecule is CCC(C)C(N)C(=O)Nc1ccc2nc(N3CCOCC3)sc2c1.Cl. The Morgan fingerprint density at radius 1 is 1.44 bits per heavy atom. The molecule has 0 saturated carbocycles. The van der Waals surface area contributed by atoms with E-state index >= 15 is 0 Å². The van der Waals surface area contributed by atoms with Crippen LogP contribution in [0.1, 0.15) is 20.3 Å². The third kappa shape index (κ3) is 4.61. The van der Waals surface area contributed by atoms with Crippen molar-refractivity contribution in [2.45, 2.75) is 26.3 Å². The Labute approximate surface area is 158 Å².